The Morgan fingerprint density at radius 3 is 2.64 bits per heavy atom. The van der Waals surface area contributed by atoms with E-state index in [-0.39, 0.29) is 29.8 Å². The number of halogens is 1. The lowest BCUT2D eigenvalue weighted by atomic mass is 10.2. The van der Waals surface area contributed by atoms with Crippen molar-refractivity contribution in [2.75, 3.05) is 13.1 Å². The van der Waals surface area contributed by atoms with E-state index >= 15 is 0 Å². The molecule has 0 unspecified atom stereocenters. The summed E-state index contributed by atoms with van der Waals surface area (Å²) in [6.07, 6.45) is 1.63. The van der Waals surface area contributed by atoms with Gasteiger partial charge in [0.05, 0.1) is 4.90 Å². The molecule has 1 heterocycles. The smallest absolute Gasteiger partial charge is 0.251 e. The highest BCUT2D eigenvalue weighted by Crippen LogP contribution is 2.14. The van der Waals surface area contributed by atoms with Crippen LogP contribution in [0.3, 0.4) is 0 Å². The van der Waals surface area contributed by atoms with Gasteiger partial charge in [-0.1, -0.05) is 12.1 Å². The third-order valence-electron chi connectivity index (χ3n) is 3.34. The van der Waals surface area contributed by atoms with Crippen molar-refractivity contribution in [1.29, 1.82) is 0 Å². The first kappa shape index (κ1) is 21.6. The summed E-state index contributed by atoms with van der Waals surface area (Å²) in [7, 11) is -3.66. The quantitative estimate of drug-likeness (QED) is 0.558. The van der Waals surface area contributed by atoms with Gasteiger partial charge in [-0.3, -0.25) is 4.79 Å². The minimum Gasteiger partial charge on any atom is -0.352 e. The molecule has 0 radical (unpaired) electrons. The predicted octanol–water partition coefficient (Wildman–Crippen LogP) is 2.12. The van der Waals surface area contributed by atoms with Gasteiger partial charge in [0, 0.05) is 23.5 Å². The summed E-state index contributed by atoms with van der Waals surface area (Å²) in [5.74, 6) is -0.290. The number of nitrogens with two attached hydrogens (primary N) is 1. The molecular formula is C16H22ClN3O3S2. The molecule has 0 fully saturated rings. The molecule has 2 aromatic rings. The summed E-state index contributed by atoms with van der Waals surface area (Å²) in [5.41, 5.74) is 5.72. The highest BCUT2D eigenvalue weighted by molar-refractivity contribution is 7.89. The molecule has 138 valence electrons. The average molecular weight is 404 g/mol. The number of carbonyl (C=O) groups excluding carboxylic acids is 1. The van der Waals surface area contributed by atoms with Crippen molar-refractivity contribution in [3.8, 4) is 0 Å². The summed E-state index contributed by atoms with van der Waals surface area (Å²) in [4.78, 5) is 13.1. The van der Waals surface area contributed by atoms with Crippen molar-refractivity contribution in [2.24, 2.45) is 5.73 Å². The van der Waals surface area contributed by atoms with E-state index in [0.29, 0.717) is 18.7 Å². The van der Waals surface area contributed by atoms with E-state index in [1.807, 2.05) is 17.5 Å². The molecule has 0 aliphatic carbocycles. The van der Waals surface area contributed by atoms with Crippen LogP contribution in [-0.2, 0) is 16.6 Å². The number of hydrogen-bond donors (Lipinski definition) is 3. The Balaban J connectivity index is 0.00000312. The highest BCUT2D eigenvalue weighted by atomic mass is 35.5. The second-order valence-electron chi connectivity index (χ2n) is 5.18. The summed E-state index contributed by atoms with van der Waals surface area (Å²) in [6, 6.07) is 9.74. The highest BCUT2D eigenvalue weighted by Gasteiger charge is 2.16. The summed E-state index contributed by atoms with van der Waals surface area (Å²) >= 11 is 1.48. The molecule has 0 saturated heterocycles. The van der Waals surface area contributed by atoms with Gasteiger partial charge in [-0.05, 0) is 49.0 Å². The van der Waals surface area contributed by atoms with E-state index in [2.05, 4.69) is 10.0 Å². The number of benzene rings is 1. The fraction of sp³-hybridized carbons (Fsp3) is 0.312. The number of carbonyl (C=O) groups is 1. The second kappa shape index (κ2) is 10.5. The molecule has 1 amide bonds. The zero-order chi connectivity index (χ0) is 17.4. The van der Waals surface area contributed by atoms with Crippen LogP contribution in [0.2, 0.25) is 0 Å². The first-order valence-corrected chi connectivity index (χ1v) is 9.99. The topological polar surface area (TPSA) is 101 Å². The van der Waals surface area contributed by atoms with Crippen molar-refractivity contribution < 1.29 is 13.2 Å². The van der Waals surface area contributed by atoms with Crippen LogP contribution in [-0.4, -0.2) is 27.4 Å². The number of sulfonamides is 1. The monoisotopic (exact) mass is 403 g/mol. The molecule has 1 aromatic carbocycles. The summed E-state index contributed by atoms with van der Waals surface area (Å²) < 4.78 is 27.2. The number of hydrogen-bond acceptors (Lipinski definition) is 5. The van der Waals surface area contributed by atoms with Crippen molar-refractivity contribution in [1.82, 2.24) is 10.0 Å². The van der Waals surface area contributed by atoms with Gasteiger partial charge in [0.2, 0.25) is 10.0 Å². The van der Waals surface area contributed by atoms with E-state index in [4.69, 9.17) is 5.73 Å². The Labute approximate surface area is 158 Å². The maximum absolute atomic E-state index is 12.3. The minimum atomic E-state index is -3.66. The van der Waals surface area contributed by atoms with Gasteiger partial charge in [0.15, 0.2) is 0 Å². The average Bonchev–Trinajstić information content (AvgIpc) is 3.10. The molecule has 6 nitrogen and oxygen atoms in total. The SMILES string of the molecule is Cl.NCCCCNC(=O)c1cccc(S(=O)(=O)NCc2cccs2)c1. The molecule has 0 bridgehead atoms. The van der Waals surface area contributed by atoms with Crippen molar-refractivity contribution in [3.63, 3.8) is 0 Å². The minimum absolute atomic E-state index is 0. The maximum Gasteiger partial charge on any atom is 0.251 e. The van der Waals surface area contributed by atoms with Crippen LogP contribution in [0.15, 0.2) is 46.7 Å². The van der Waals surface area contributed by atoms with Gasteiger partial charge in [0.1, 0.15) is 0 Å². The Morgan fingerprint density at radius 1 is 1.16 bits per heavy atom. The lowest BCUT2D eigenvalue weighted by molar-refractivity contribution is 0.0953. The number of unbranched alkanes of at least 4 members (excludes halogenated alkanes) is 1. The molecule has 0 atom stereocenters. The van der Waals surface area contributed by atoms with Crippen molar-refractivity contribution in [2.45, 2.75) is 24.3 Å². The Hall–Kier alpha value is -1.45. The summed E-state index contributed by atoms with van der Waals surface area (Å²) in [5, 5.41) is 4.65. The molecule has 1 aromatic heterocycles. The third kappa shape index (κ3) is 6.75. The number of thiophene rings is 1. The van der Waals surface area contributed by atoms with E-state index in [1.165, 1.54) is 23.5 Å². The van der Waals surface area contributed by atoms with Crippen LogP contribution in [0, 0.1) is 0 Å². The zero-order valence-corrected chi connectivity index (χ0v) is 16.1. The molecule has 0 saturated carbocycles. The Kier molecular flexibility index (Phi) is 9.09. The maximum atomic E-state index is 12.3. The van der Waals surface area contributed by atoms with E-state index in [9.17, 15) is 13.2 Å². The molecular weight excluding hydrogens is 382 g/mol. The van der Waals surface area contributed by atoms with Crippen LogP contribution < -0.4 is 15.8 Å². The third-order valence-corrected chi connectivity index (χ3v) is 5.61. The fourth-order valence-electron chi connectivity index (χ4n) is 2.04. The van der Waals surface area contributed by atoms with Crippen LogP contribution in [0.5, 0.6) is 0 Å². The standard InChI is InChI=1S/C16H21N3O3S2.ClH/c17-8-1-2-9-18-16(20)13-5-3-7-15(11-13)24(21,22)19-12-14-6-4-10-23-14;/h3-7,10-11,19H,1-2,8-9,12,17H2,(H,18,20);1H. The second-order valence-corrected chi connectivity index (χ2v) is 7.98. The molecule has 0 aliphatic heterocycles. The van der Waals surface area contributed by atoms with E-state index in [1.54, 1.807) is 12.1 Å². The van der Waals surface area contributed by atoms with Gasteiger partial charge < -0.3 is 11.1 Å². The molecule has 0 aliphatic rings. The Bertz CT molecular complexity index is 765. The van der Waals surface area contributed by atoms with Gasteiger partial charge >= 0.3 is 0 Å². The first-order chi connectivity index (χ1) is 11.5. The number of rotatable bonds is 9. The van der Waals surface area contributed by atoms with E-state index < -0.39 is 10.0 Å². The lowest BCUT2D eigenvalue weighted by Crippen LogP contribution is -2.26. The van der Waals surface area contributed by atoms with Gasteiger partial charge in [-0.15, -0.1) is 23.7 Å². The normalized spacial score (nSPS) is 10.9. The first-order valence-electron chi connectivity index (χ1n) is 7.63. The number of amides is 1. The van der Waals surface area contributed by atoms with Crippen LogP contribution in [0.1, 0.15) is 28.1 Å². The van der Waals surface area contributed by atoms with Gasteiger partial charge in [0.25, 0.3) is 5.91 Å². The van der Waals surface area contributed by atoms with Crippen molar-refractivity contribution >= 4 is 39.7 Å². The lowest BCUT2D eigenvalue weighted by Gasteiger charge is -2.08. The summed E-state index contributed by atoms with van der Waals surface area (Å²) in [6.45, 7) is 1.33. The van der Waals surface area contributed by atoms with Gasteiger partial charge in [-0.25, -0.2) is 13.1 Å². The molecule has 9 heteroatoms. The van der Waals surface area contributed by atoms with Crippen LogP contribution in [0.25, 0.3) is 0 Å². The Morgan fingerprint density at radius 2 is 1.96 bits per heavy atom. The van der Waals surface area contributed by atoms with Gasteiger partial charge in [-0.2, -0.15) is 0 Å². The fourth-order valence-corrected chi connectivity index (χ4v) is 3.83. The number of nitrogens with one attached hydrogen (secondary N) is 2. The molecule has 25 heavy (non-hydrogen) atoms. The molecule has 2 rings (SSSR count). The predicted molar refractivity (Wildman–Crippen MR) is 103 cm³/mol. The molecule has 4 N–H and O–H groups in total. The molecule has 0 spiro atoms. The van der Waals surface area contributed by atoms with Crippen LogP contribution >= 0.6 is 23.7 Å². The zero-order valence-electron chi connectivity index (χ0n) is 13.6. The van der Waals surface area contributed by atoms with Crippen molar-refractivity contribution in [3.05, 3.63) is 52.2 Å². The van der Waals surface area contributed by atoms with Crippen LogP contribution in [0.4, 0.5) is 0 Å². The van der Waals surface area contributed by atoms with E-state index in [0.717, 1.165) is 17.7 Å². The largest absolute Gasteiger partial charge is 0.352 e.